The number of hydrogen-bond acceptors (Lipinski definition) is 1. The van der Waals surface area contributed by atoms with Gasteiger partial charge in [0.2, 0.25) is 0 Å². The molecule has 2 aromatic rings. The van der Waals surface area contributed by atoms with Crippen molar-refractivity contribution in [3.63, 3.8) is 0 Å². The van der Waals surface area contributed by atoms with Crippen LogP contribution in [0.4, 0.5) is 0 Å². The van der Waals surface area contributed by atoms with Crippen LogP contribution in [0.5, 0.6) is 0 Å². The summed E-state index contributed by atoms with van der Waals surface area (Å²) in [5, 5.41) is 4.62. The van der Waals surface area contributed by atoms with Gasteiger partial charge in [-0.05, 0) is 17.7 Å². The second-order valence-electron chi connectivity index (χ2n) is 3.75. The van der Waals surface area contributed by atoms with Crippen molar-refractivity contribution in [3.8, 4) is 0 Å². The van der Waals surface area contributed by atoms with Gasteiger partial charge in [0.05, 0.1) is 0 Å². The second-order valence-corrected chi connectivity index (χ2v) is 4.67. The van der Waals surface area contributed by atoms with Crippen molar-refractivity contribution < 1.29 is 0 Å². The van der Waals surface area contributed by atoms with Gasteiger partial charge < -0.3 is 10.3 Å². The SMILES string of the molecule is Brc1ccc2c(C3=CCNC3)c[nH]c2c1. The van der Waals surface area contributed by atoms with E-state index in [1.165, 1.54) is 22.0 Å². The van der Waals surface area contributed by atoms with Crippen molar-refractivity contribution in [2.45, 2.75) is 0 Å². The molecule has 1 aromatic heterocycles. The number of aromatic amines is 1. The maximum atomic E-state index is 3.48. The van der Waals surface area contributed by atoms with Crippen LogP contribution in [0.15, 0.2) is 34.9 Å². The maximum Gasteiger partial charge on any atom is 0.0471 e. The fraction of sp³-hybridized carbons (Fsp3) is 0.167. The van der Waals surface area contributed by atoms with Crippen LogP contribution in [-0.4, -0.2) is 18.1 Å². The molecule has 0 radical (unpaired) electrons. The quantitative estimate of drug-likeness (QED) is 0.813. The highest BCUT2D eigenvalue weighted by Gasteiger charge is 2.11. The Bertz CT molecular complexity index is 540. The van der Waals surface area contributed by atoms with E-state index in [0.717, 1.165) is 17.6 Å². The summed E-state index contributed by atoms with van der Waals surface area (Å²) in [5.74, 6) is 0. The first-order chi connectivity index (χ1) is 7.34. The third-order valence-electron chi connectivity index (χ3n) is 2.80. The third-order valence-corrected chi connectivity index (χ3v) is 3.29. The van der Waals surface area contributed by atoms with E-state index in [1.54, 1.807) is 0 Å². The van der Waals surface area contributed by atoms with Crippen molar-refractivity contribution in [3.05, 3.63) is 40.5 Å². The Morgan fingerprint density at radius 1 is 1.27 bits per heavy atom. The topological polar surface area (TPSA) is 27.8 Å². The molecule has 0 bridgehead atoms. The van der Waals surface area contributed by atoms with Crippen LogP contribution >= 0.6 is 15.9 Å². The number of fused-ring (bicyclic) bond motifs is 1. The molecule has 0 saturated carbocycles. The van der Waals surface area contributed by atoms with E-state index >= 15 is 0 Å². The van der Waals surface area contributed by atoms with Crippen LogP contribution in [-0.2, 0) is 0 Å². The normalized spacial score (nSPS) is 15.9. The highest BCUT2D eigenvalue weighted by Crippen LogP contribution is 2.27. The largest absolute Gasteiger partial charge is 0.361 e. The van der Waals surface area contributed by atoms with Crippen molar-refractivity contribution >= 4 is 32.4 Å². The van der Waals surface area contributed by atoms with Crippen LogP contribution < -0.4 is 5.32 Å². The molecule has 1 aromatic carbocycles. The highest BCUT2D eigenvalue weighted by atomic mass is 79.9. The molecule has 0 amide bonds. The Balaban J connectivity index is 2.19. The summed E-state index contributed by atoms with van der Waals surface area (Å²) < 4.78 is 1.11. The molecule has 0 atom stereocenters. The summed E-state index contributed by atoms with van der Waals surface area (Å²) >= 11 is 3.48. The van der Waals surface area contributed by atoms with Crippen molar-refractivity contribution in [2.75, 3.05) is 13.1 Å². The van der Waals surface area contributed by atoms with Gasteiger partial charge >= 0.3 is 0 Å². The zero-order chi connectivity index (χ0) is 10.3. The molecule has 1 aliphatic heterocycles. The van der Waals surface area contributed by atoms with E-state index in [-0.39, 0.29) is 0 Å². The molecule has 3 rings (SSSR count). The summed E-state index contributed by atoms with van der Waals surface area (Å²) in [7, 11) is 0. The number of hydrogen-bond donors (Lipinski definition) is 2. The van der Waals surface area contributed by atoms with Gasteiger partial charge in [0.25, 0.3) is 0 Å². The van der Waals surface area contributed by atoms with E-state index in [4.69, 9.17) is 0 Å². The first kappa shape index (κ1) is 9.19. The minimum atomic E-state index is 0.975. The molecular weight excluding hydrogens is 252 g/mol. The van der Waals surface area contributed by atoms with Gasteiger partial charge in [0, 0.05) is 40.2 Å². The van der Waals surface area contributed by atoms with E-state index in [0.29, 0.717) is 0 Å². The lowest BCUT2D eigenvalue weighted by molar-refractivity contribution is 0.897. The number of benzene rings is 1. The number of H-pyrrole nitrogens is 1. The molecule has 2 N–H and O–H groups in total. The fourth-order valence-corrected chi connectivity index (χ4v) is 2.40. The Morgan fingerprint density at radius 2 is 2.20 bits per heavy atom. The van der Waals surface area contributed by atoms with E-state index in [9.17, 15) is 0 Å². The lowest BCUT2D eigenvalue weighted by Gasteiger charge is -1.99. The van der Waals surface area contributed by atoms with Crippen LogP contribution in [0.2, 0.25) is 0 Å². The summed E-state index contributed by atoms with van der Waals surface area (Å²) in [6.07, 6.45) is 4.35. The van der Waals surface area contributed by atoms with Crippen LogP contribution in [0.25, 0.3) is 16.5 Å². The standard InChI is InChI=1S/C12H11BrN2/c13-9-1-2-10-11(7-15-12(10)5-9)8-3-4-14-6-8/h1-3,5,7,14-15H,4,6H2. The molecule has 1 aliphatic rings. The molecule has 3 heteroatoms. The van der Waals surface area contributed by atoms with E-state index in [1.807, 2.05) is 0 Å². The van der Waals surface area contributed by atoms with Crippen LogP contribution in [0.3, 0.4) is 0 Å². The summed E-state index contributed by atoms with van der Waals surface area (Å²) in [6, 6.07) is 6.36. The van der Waals surface area contributed by atoms with E-state index < -0.39 is 0 Å². The van der Waals surface area contributed by atoms with Crippen LogP contribution in [0.1, 0.15) is 5.56 Å². The van der Waals surface area contributed by atoms with Crippen molar-refractivity contribution in [1.29, 1.82) is 0 Å². The number of aromatic nitrogens is 1. The fourth-order valence-electron chi connectivity index (χ4n) is 2.04. The molecule has 15 heavy (non-hydrogen) atoms. The lowest BCUT2D eigenvalue weighted by atomic mass is 10.1. The van der Waals surface area contributed by atoms with Gasteiger partial charge in [-0.2, -0.15) is 0 Å². The Hall–Kier alpha value is -1.06. The Kier molecular flexibility index (Phi) is 2.15. The van der Waals surface area contributed by atoms with Gasteiger partial charge in [-0.3, -0.25) is 0 Å². The van der Waals surface area contributed by atoms with Crippen LogP contribution in [0, 0.1) is 0 Å². The number of halogens is 1. The zero-order valence-electron chi connectivity index (χ0n) is 8.18. The summed E-state index contributed by atoms with van der Waals surface area (Å²) in [4.78, 5) is 3.31. The highest BCUT2D eigenvalue weighted by molar-refractivity contribution is 9.10. The molecule has 0 saturated heterocycles. The van der Waals surface area contributed by atoms with Crippen molar-refractivity contribution in [2.24, 2.45) is 0 Å². The molecule has 0 fully saturated rings. The molecule has 0 unspecified atom stereocenters. The first-order valence-electron chi connectivity index (χ1n) is 5.01. The average Bonchev–Trinajstić information content (AvgIpc) is 2.82. The predicted octanol–water partition coefficient (Wildman–Crippen LogP) is 2.92. The van der Waals surface area contributed by atoms with Gasteiger partial charge in [-0.1, -0.05) is 28.1 Å². The monoisotopic (exact) mass is 262 g/mol. The lowest BCUT2D eigenvalue weighted by Crippen LogP contribution is -2.07. The minimum Gasteiger partial charge on any atom is -0.361 e. The summed E-state index contributed by atoms with van der Waals surface area (Å²) in [6.45, 7) is 1.96. The molecule has 0 spiro atoms. The molecule has 2 nitrogen and oxygen atoms in total. The van der Waals surface area contributed by atoms with Gasteiger partial charge in [-0.25, -0.2) is 0 Å². The summed E-state index contributed by atoms with van der Waals surface area (Å²) in [5.41, 5.74) is 3.90. The molecule has 76 valence electrons. The molecule has 0 aliphatic carbocycles. The smallest absolute Gasteiger partial charge is 0.0471 e. The van der Waals surface area contributed by atoms with E-state index in [2.05, 4.69) is 56.7 Å². The molecular formula is C12H11BrN2. The number of rotatable bonds is 1. The van der Waals surface area contributed by atoms with Gasteiger partial charge in [0.1, 0.15) is 0 Å². The first-order valence-corrected chi connectivity index (χ1v) is 5.80. The molecule has 2 heterocycles. The van der Waals surface area contributed by atoms with Gasteiger partial charge in [0.15, 0.2) is 0 Å². The Labute approximate surface area is 96.5 Å². The maximum absolute atomic E-state index is 3.48. The zero-order valence-corrected chi connectivity index (χ0v) is 9.76. The Morgan fingerprint density at radius 3 is 3.00 bits per heavy atom. The second kappa shape index (κ2) is 3.51. The average molecular weight is 263 g/mol. The number of nitrogens with one attached hydrogen (secondary N) is 2. The third kappa shape index (κ3) is 1.52. The van der Waals surface area contributed by atoms with Gasteiger partial charge in [-0.15, -0.1) is 0 Å². The van der Waals surface area contributed by atoms with Crippen molar-refractivity contribution in [1.82, 2.24) is 10.3 Å². The minimum absolute atomic E-state index is 0.975. The predicted molar refractivity (Wildman–Crippen MR) is 66.8 cm³/mol.